The Bertz CT molecular complexity index is 1020. The monoisotopic (exact) mass is 394 g/mol. The van der Waals surface area contributed by atoms with E-state index in [4.69, 9.17) is 16.3 Å². The van der Waals surface area contributed by atoms with E-state index in [2.05, 4.69) is 10.5 Å². The van der Waals surface area contributed by atoms with Crippen LogP contribution in [0.4, 0.5) is 0 Å². The molecule has 0 aliphatic rings. The molecular weight excluding hydrogens is 380 g/mol. The number of para-hydroxylation sites is 1. The number of hydrogen-bond acceptors (Lipinski definition) is 5. The van der Waals surface area contributed by atoms with Gasteiger partial charge in [0.05, 0.1) is 17.3 Å². The third-order valence-corrected chi connectivity index (χ3v) is 3.95. The van der Waals surface area contributed by atoms with E-state index >= 15 is 0 Å². The zero-order valence-electron chi connectivity index (χ0n) is 14.5. The van der Waals surface area contributed by atoms with Crippen molar-refractivity contribution in [2.75, 3.05) is 0 Å². The Balaban J connectivity index is 1.57. The maximum atomic E-state index is 12.1. The average molecular weight is 395 g/mol. The lowest BCUT2D eigenvalue weighted by Crippen LogP contribution is -2.17. The molecule has 0 fully saturated rings. The van der Waals surface area contributed by atoms with Gasteiger partial charge in [0.2, 0.25) is 0 Å². The van der Waals surface area contributed by atoms with Crippen molar-refractivity contribution >= 4 is 29.7 Å². The summed E-state index contributed by atoms with van der Waals surface area (Å²) in [5, 5.41) is 14.0. The number of halogens is 1. The lowest BCUT2D eigenvalue weighted by atomic mass is 10.2. The number of phenolic OH excluding ortho intramolecular Hbond substituents is 1. The first-order valence-electron chi connectivity index (χ1n) is 8.22. The number of ether oxygens (including phenoxy) is 1. The van der Waals surface area contributed by atoms with Gasteiger partial charge in [-0.25, -0.2) is 10.2 Å². The van der Waals surface area contributed by atoms with E-state index in [1.807, 2.05) is 0 Å². The first-order chi connectivity index (χ1) is 13.5. The summed E-state index contributed by atoms with van der Waals surface area (Å²) in [6.45, 7) is 0. The first-order valence-corrected chi connectivity index (χ1v) is 8.60. The van der Waals surface area contributed by atoms with Crippen molar-refractivity contribution in [3.05, 3.63) is 94.5 Å². The first kappa shape index (κ1) is 19.1. The smallest absolute Gasteiger partial charge is 0.343 e. The number of carbonyl (C=O) groups excluding carboxylic acids is 2. The van der Waals surface area contributed by atoms with Crippen LogP contribution in [0.2, 0.25) is 5.02 Å². The molecular formula is C21H15ClN2O4. The summed E-state index contributed by atoms with van der Waals surface area (Å²) in [6.07, 6.45) is 1.43. The SMILES string of the molecule is O=C(Oc1ccc(C=NNC(=O)c2ccccc2O)cc1)c1ccc(Cl)cc1. The predicted octanol–water partition coefficient (Wildman–Crippen LogP) is 4.03. The van der Waals surface area contributed by atoms with E-state index in [9.17, 15) is 14.7 Å². The van der Waals surface area contributed by atoms with Gasteiger partial charge >= 0.3 is 5.97 Å². The molecule has 2 N–H and O–H groups in total. The molecule has 0 saturated heterocycles. The van der Waals surface area contributed by atoms with Crippen molar-refractivity contribution in [3.8, 4) is 11.5 Å². The number of carbonyl (C=O) groups is 2. The molecule has 0 heterocycles. The molecule has 0 bridgehead atoms. The van der Waals surface area contributed by atoms with Crippen LogP contribution in [0.3, 0.4) is 0 Å². The molecule has 6 nitrogen and oxygen atoms in total. The van der Waals surface area contributed by atoms with Crippen LogP contribution in [0, 0.1) is 0 Å². The average Bonchev–Trinajstić information content (AvgIpc) is 2.70. The van der Waals surface area contributed by atoms with Crippen molar-refractivity contribution in [2.45, 2.75) is 0 Å². The van der Waals surface area contributed by atoms with Gasteiger partial charge in [-0.15, -0.1) is 0 Å². The van der Waals surface area contributed by atoms with Crippen molar-refractivity contribution in [1.29, 1.82) is 0 Å². The minimum absolute atomic E-state index is 0.123. The van der Waals surface area contributed by atoms with Crippen LogP contribution in [-0.2, 0) is 0 Å². The number of aromatic hydroxyl groups is 1. The van der Waals surface area contributed by atoms with E-state index in [1.165, 1.54) is 18.3 Å². The van der Waals surface area contributed by atoms with Crippen LogP contribution in [0.1, 0.15) is 26.3 Å². The number of amides is 1. The quantitative estimate of drug-likeness (QED) is 0.296. The van der Waals surface area contributed by atoms with Gasteiger partial charge < -0.3 is 9.84 Å². The van der Waals surface area contributed by atoms with Crippen molar-refractivity contribution in [1.82, 2.24) is 5.43 Å². The Labute approximate surface area is 166 Å². The van der Waals surface area contributed by atoms with Crippen LogP contribution < -0.4 is 10.2 Å². The summed E-state index contributed by atoms with van der Waals surface area (Å²) < 4.78 is 5.28. The summed E-state index contributed by atoms with van der Waals surface area (Å²) in [7, 11) is 0. The number of phenols is 1. The van der Waals surface area contributed by atoms with Gasteiger partial charge in [0.15, 0.2) is 0 Å². The summed E-state index contributed by atoms with van der Waals surface area (Å²) in [5.41, 5.74) is 3.54. The van der Waals surface area contributed by atoms with Crippen LogP contribution in [0.25, 0.3) is 0 Å². The Morgan fingerprint density at radius 1 is 0.964 bits per heavy atom. The minimum Gasteiger partial charge on any atom is -0.507 e. The number of hydrazone groups is 1. The number of nitrogens with zero attached hydrogens (tertiary/aromatic N) is 1. The molecule has 7 heteroatoms. The highest BCUT2D eigenvalue weighted by Crippen LogP contribution is 2.16. The van der Waals surface area contributed by atoms with Crippen molar-refractivity contribution in [2.24, 2.45) is 5.10 Å². The lowest BCUT2D eigenvalue weighted by Gasteiger charge is -2.05. The van der Waals surface area contributed by atoms with Gasteiger partial charge in [0.25, 0.3) is 5.91 Å². The predicted molar refractivity (Wildman–Crippen MR) is 106 cm³/mol. The Kier molecular flexibility index (Phi) is 6.04. The molecule has 0 spiro atoms. The molecule has 0 aromatic heterocycles. The molecule has 3 aromatic carbocycles. The van der Waals surface area contributed by atoms with Crippen molar-refractivity contribution < 1.29 is 19.4 Å². The third-order valence-electron chi connectivity index (χ3n) is 3.70. The van der Waals surface area contributed by atoms with E-state index in [0.29, 0.717) is 21.9 Å². The van der Waals surface area contributed by atoms with Crippen LogP contribution >= 0.6 is 11.6 Å². The molecule has 0 aliphatic carbocycles. The fraction of sp³-hybridized carbons (Fsp3) is 0. The number of esters is 1. The Hall–Kier alpha value is -3.64. The number of benzene rings is 3. The highest BCUT2D eigenvalue weighted by molar-refractivity contribution is 6.30. The molecule has 3 aromatic rings. The minimum atomic E-state index is -0.525. The maximum absolute atomic E-state index is 12.1. The molecule has 0 saturated carbocycles. The molecule has 140 valence electrons. The van der Waals surface area contributed by atoms with Crippen LogP contribution in [0.5, 0.6) is 11.5 Å². The number of nitrogens with one attached hydrogen (secondary N) is 1. The molecule has 0 atom stereocenters. The second-order valence-electron chi connectivity index (χ2n) is 5.68. The van der Waals surface area contributed by atoms with Crippen molar-refractivity contribution in [3.63, 3.8) is 0 Å². The molecule has 1 amide bonds. The van der Waals surface area contributed by atoms with Gasteiger partial charge in [0, 0.05) is 5.02 Å². The van der Waals surface area contributed by atoms with E-state index in [-0.39, 0.29) is 11.3 Å². The van der Waals surface area contributed by atoms with E-state index in [0.717, 1.165) is 0 Å². The highest BCUT2D eigenvalue weighted by Gasteiger charge is 2.09. The Morgan fingerprint density at radius 3 is 2.32 bits per heavy atom. The largest absolute Gasteiger partial charge is 0.507 e. The summed E-state index contributed by atoms with van der Waals surface area (Å²) in [5.74, 6) is -0.770. The number of hydrogen-bond donors (Lipinski definition) is 2. The van der Waals surface area contributed by atoms with Crippen LogP contribution in [0.15, 0.2) is 77.9 Å². The van der Waals surface area contributed by atoms with Gasteiger partial charge in [-0.05, 0) is 66.2 Å². The molecule has 0 radical (unpaired) electrons. The summed E-state index contributed by atoms with van der Waals surface area (Å²) >= 11 is 5.79. The fourth-order valence-corrected chi connectivity index (χ4v) is 2.39. The Morgan fingerprint density at radius 2 is 1.64 bits per heavy atom. The highest BCUT2D eigenvalue weighted by atomic mass is 35.5. The van der Waals surface area contributed by atoms with Gasteiger partial charge in [-0.2, -0.15) is 5.10 Å². The van der Waals surface area contributed by atoms with E-state index in [1.54, 1.807) is 60.7 Å². The second-order valence-corrected chi connectivity index (χ2v) is 6.12. The maximum Gasteiger partial charge on any atom is 0.343 e. The van der Waals surface area contributed by atoms with Gasteiger partial charge in [0.1, 0.15) is 11.5 Å². The molecule has 3 rings (SSSR count). The molecule has 28 heavy (non-hydrogen) atoms. The topological polar surface area (TPSA) is 88.0 Å². The van der Waals surface area contributed by atoms with E-state index < -0.39 is 11.9 Å². The normalized spacial score (nSPS) is 10.6. The summed E-state index contributed by atoms with van der Waals surface area (Å²) in [4.78, 5) is 24.0. The fourth-order valence-electron chi connectivity index (χ4n) is 2.27. The summed E-state index contributed by atoms with van der Waals surface area (Å²) in [6, 6.07) is 19.1. The zero-order chi connectivity index (χ0) is 19.9. The molecule has 0 unspecified atom stereocenters. The standard InChI is InChI=1S/C21H15ClN2O4/c22-16-9-7-15(8-10-16)21(27)28-17-11-5-14(6-12-17)13-23-24-20(26)18-3-1-2-4-19(18)25/h1-13,25H,(H,24,26). The second kappa shape index (κ2) is 8.83. The van der Waals surface area contributed by atoms with Gasteiger partial charge in [-0.3, -0.25) is 4.79 Å². The van der Waals surface area contributed by atoms with Crippen LogP contribution in [-0.4, -0.2) is 23.2 Å². The van der Waals surface area contributed by atoms with Gasteiger partial charge in [-0.1, -0.05) is 23.7 Å². The molecule has 0 aliphatic heterocycles. The third kappa shape index (κ3) is 4.96. The lowest BCUT2D eigenvalue weighted by molar-refractivity contribution is 0.0734. The number of rotatable bonds is 5. The zero-order valence-corrected chi connectivity index (χ0v) is 15.3.